The Kier molecular flexibility index (Phi) is 5.31. The van der Waals surface area contributed by atoms with Crippen LogP contribution in [0.2, 0.25) is 0 Å². The van der Waals surface area contributed by atoms with Crippen molar-refractivity contribution in [2.75, 3.05) is 0 Å². The highest BCUT2D eigenvalue weighted by atomic mass is 16.5. The van der Waals surface area contributed by atoms with Crippen molar-refractivity contribution in [2.24, 2.45) is 17.3 Å². The van der Waals surface area contributed by atoms with Gasteiger partial charge in [-0.1, -0.05) is 38.5 Å². The van der Waals surface area contributed by atoms with Gasteiger partial charge in [0.1, 0.15) is 6.10 Å². The topological polar surface area (TPSA) is 66.8 Å². The highest BCUT2D eigenvalue weighted by Gasteiger charge is 2.64. The van der Waals surface area contributed by atoms with E-state index in [9.17, 15) is 15.0 Å². The number of rotatable bonds is 3. The molecule has 0 aromatic carbocycles. The summed E-state index contributed by atoms with van der Waals surface area (Å²) in [6.07, 6.45) is 4.45. The Morgan fingerprint density at radius 2 is 2.08 bits per heavy atom. The van der Waals surface area contributed by atoms with Crippen molar-refractivity contribution in [3.63, 3.8) is 0 Å². The van der Waals surface area contributed by atoms with Gasteiger partial charge in [-0.15, -0.1) is 0 Å². The van der Waals surface area contributed by atoms with Gasteiger partial charge in [0, 0.05) is 23.3 Å². The maximum absolute atomic E-state index is 12.3. The number of esters is 1. The molecule has 5 atom stereocenters. The van der Waals surface area contributed by atoms with Gasteiger partial charge in [0.2, 0.25) is 0 Å². The minimum absolute atomic E-state index is 0.0265. The van der Waals surface area contributed by atoms with Crippen molar-refractivity contribution >= 4 is 5.97 Å². The summed E-state index contributed by atoms with van der Waals surface area (Å²) in [6, 6.07) is 0. The lowest BCUT2D eigenvalue weighted by molar-refractivity contribution is -0.151. The zero-order chi connectivity index (χ0) is 18.3. The van der Waals surface area contributed by atoms with Crippen LogP contribution in [-0.2, 0) is 9.53 Å². The second kappa shape index (κ2) is 6.64. The molecular formula is C20H32O4. The van der Waals surface area contributed by atoms with Crippen LogP contribution in [0, 0.1) is 17.3 Å². The summed E-state index contributed by atoms with van der Waals surface area (Å²) in [5, 5.41) is 22.2. The van der Waals surface area contributed by atoms with Gasteiger partial charge in [-0.3, -0.25) is 0 Å². The van der Waals surface area contributed by atoms with E-state index < -0.39 is 23.2 Å². The first-order valence-corrected chi connectivity index (χ1v) is 8.96. The lowest BCUT2D eigenvalue weighted by Crippen LogP contribution is -2.49. The van der Waals surface area contributed by atoms with E-state index in [1.165, 1.54) is 0 Å². The standard InChI is InChI=1S/C20H32O4/c1-7-14(5)18(22)24-16-11-20(23,12(2)3)17-15(21)10-13(4)8-9-19(16,17)6/h7-8,12,15-17,21,23H,9-11H2,1-6H3. The molecule has 2 aliphatic rings. The van der Waals surface area contributed by atoms with Crippen molar-refractivity contribution in [3.05, 3.63) is 23.3 Å². The lowest BCUT2D eigenvalue weighted by Gasteiger charge is -2.42. The van der Waals surface area contributed by atoms with Crippen LogP contribution in [0.1, 0.15) is 60.8 Å². The summed E-state index contributed by atoms with van der Waals surface area (Å²) in [7, 11) is 0. The summed E-state index contributed by atoms with van der Waals surface area (Å²) in [6.45, 7) is 11.5. The predicted molar refractivity (Wildman–Crippen MR) is 94.3 cm³/mol. The van der Waals surface area contributed by atoms with E-state index in [1.807, 2.05) is 34.6 Å². The van der Waals surface area contributed by atoms with Crippen LogP contribution in [-0.4, -0.2) is 34.0 Å². The largest absolute Gasteiger partial charge is 0.458 e. The Morgan fingerprint density at radius 3 is 2.62 bits per heavy atom. The van der Waals surface area contributed by atoms with Gasteiger partial charge in [0.05, 0.1) is 11.7 Å². The Bertz CT molecular complexity index is 562. The maximum Gasteiger partial charge on any atom is 0.333 e. The van der Waals surface area contributed by atoms with Gasteiger partial charge in [0.25, 0.3) is 0 Å². The molecule has 2 N–H and O–H groups in total. The SMILES string of the molecule is CC=C(C)C(=O)OC1CC(O)(C(C)C)C2C(O)CC(C)=CCC12C. The molecular weight excluding hydrogens is 304 g/mol. The number of aliphatic hydroxyl groups excluding tert-OH is 1. The molecule has 4 nitrogen and oxygen atoms in total. The third kappa shape index (κ3) is 3.06. The molecule has 136 valence electrons. The molecule has 0 heterocycles. The van der Waals surface area contributed by atoms with Crippen molar-refractivity contribution < 1.29 is 19.7 Å². The molecule has 24 heavy (non-hydrogen) atoms. The quantitative estimate of drug-likeness (QED) is 0.471. The molecule has 5 unspecified atom stereocenters. The lowest BCUT2D eigenvalue weighted by atomic mass is 9.67. The van der Waals surface area contributed by atoms with Crippen LogP contribution in [0.15, 0.2) is 23.3 Å². The van der Waals surface area contributed by atoms with E-state index >= 15 is 0 Å². The Morgan fingerprint density at radius 1 is 1.46 bits per heavy atom. The summed E-state index contributed by atoms with van der Waals surface area (Å²) in [5.74, 6) is -0.682. The molecule has 1 saturated carbocycles. The minimum Gasteiger partial charge on any atom is -0.458 e. The maximum atomic E-state index is 12.3. The second-order valence-electron chi connectivity index (χ2n) is 8.23. The number of carbonyl (C=O) groups is 1. The summed E-state index contributed by atoms with van der Waals surface area (Å²) in [5.41, 5.74) is 0.177. The van der Waals surface area contributed by atoms with Crippen LogP contribution in [0.25, 0.3) is 0 Å². The normalized spacial score (nSPS) is 40.1. The monoisotopic (exact) mass is 336 g/mol. The van der Waals surface area contributed by atoms with Crippen LogP contribution in [0.4, 0.5) is 0 Å². The molecule has 0 aromatic rings. The van der Waals surface area contributed by atoms with E-state index in [0.717, 1.165) is 5.57 Å². The van der Waals surface area contributed by atoms with Gasteiger partial charge < -0.3 is 14.9 Å². The van der Waals surface area contributed by atoms with Crippen LogP contribution in [0.3, 0.4) is 0 Å². The molecule has 0 saturated heterocycles. The van der Waals surface area contributed by atoms with E-state index in [2.05, 4.69) is 6.08 Å². The Labute approximate surface area is 145 Å². The van der Waals surface area contributed by atoms with E-state index in [0.29, 0.717) is 24.8 Å². The molecule has 0 aromatic heterocycles. The van der Waals surface area contributed by atoms with Crippen LogP contribution >= 0.6 is 0 Å². The zero-order valence-corrected chi connectivity index (χ0v) is 15.8. The summed E-state index contributed by atoms with van der Waals surface area (Å²) in [4.78, 5) is 12.3. The van der Waals surface area contributed by atoms with Gasteiger partial charge in [-0.05, 0) is 39.5 Å². The molecule has 0 bridgehead atoms. The van der Waals surface area contributed by atoms with E-state index in [1.54, 1.807) is 13.0 Å². The predicted octanol–water partition coefficient (Wildman–Crippen LogP) is 3.38. The first kappa shape index (κ1) is 19.2. The average molecular weight is 336 g/mol. The van der Waals surface area contributed by atoms with Crippen molar-refractivity contribution in [1.82, 2.24) is 0 Å². The van der Waals surface area contributed by atoms with Gasteiger partial charge >= 0.3 is 5.97 Å². The van der Waals surface area contributed by atoms with Crippen LogP contribution < -0.4 is 0 Å². The van der Waals surface area contributed by atoms with Crippen molar-refractivity contribution in [3.8, 4) is 0 Å². The number of hydrogen-bond donors (Lipinski definition) is 2. The highest BCUT2D eigenvalue weighted by Crippen LogP contribution is 2.58. The molecule has 2 rings (SSSR count). The minimum atomic E-state index is -1.04. The second-order valence-corrected chi connectivity index (χ2v) is 8.23. The van der Waals surface area contributed by atoms with E-state index in [-0.39, 0.29) is 17.8 Å². The Hall–Kier alpha value is -1.13. The van der Waals surface area contributed by atoms with Crippen molar-refractivity contribution in [2.45, 2.75) is 78.6 Å². The molecule has 0 radical (unpaired) electrons. The van der Waals surface area contributed by atoms with Gasteiger partial charge in [0.15, 0.2) is 0 Å². The molecule has 0 amide bonds. The number of hydrogen-bond acceptors (Lipinski definition) is 4. The number of aliphatic hydroxyl groups is 2. The number of fused-ring (bicyclic) bond motifs is 1. The van der Waals surface area contributed by atoms with Crippen molar-refractivity contribution in [1.29, 1.82) is 0 Å². The van der Waals surface area contributed by atoms with E-state index in [4.69, 9.17) is 4.74 Å². The fraction of sp³-hybridized carbons (Fsp3) is 0.750. The smallest absolute Gasteiger partial charge is 0.333 e. The van der Waals surface area contributed by atoms with Gasteiger partial charge in [-0.25, -0.2) is 4.79 Å². The number of carbonyl (C=O) groups excluding carboxylic acids is 1. The fourth-order valence-corrected chi connectivity index (χ4v) is 4.50. The Balaban J connectivity index is 2.44. The molecule has 1 fully saturated rings. The summed E-state index contributed by atoms with van der Waals surface area (Å²) < 4.78 is 5.81. The zero-order valence-electron chi connectivity index (χ0n) is 15.8. The third-order valence-corrected chi connectivity index (χ3v) is 6.31. The number of ether oxygens (including phenoxy) is 1. The van der Waals surface area contributed by atoms with Crippen LogP contribution in [0.5, 0.6) is 0 Å². The molecule has 2 aliphatic carbocycles. The molecule has 4 heteroatoms. The first-order valence-electron chi connectivity index (χ1n) is 8.96. The third-order valence-electron chi connectivity index (χ3n) is 6.31. The average Bonchev–Trinajstić information content (AvgIpc) is 2.65. The molecule has 0 aliphatic heterocycles. The first-order chi connectivity index (χ1) is 11.1. The highest BCUT2D eigenvalue weighted by molar-refractivity contribution is 5.87. The summed E-state index contributed by atoms with van der Waals surface area (Å²) >= 11 is 0. The number of allylic oxidation sites excluding steroid dienone is 2. The van der Waals surface area contributed by atoms with Gasteiger partial charge in [-0.2, -0.15) is 0 Å². The fourth-order valence-electron chi connectivity index (χ4n) is 4.50. The molecule has 0 spiro atoms.